The average Bonchev–Trinajstić information content (AvgIpc) is 3.04. The predicted molar refractivity (Wildman–Crippen MR) is 126 cm³/mol. The number of hydrogen-bond acceptors (Lipinski definition) is 5. The maximum absolute atomic E-state index is 13.5. The third-order valence-electron chi connectivity index (χ3n) is 5.45. The first-order valence-electron chi connectivity index (χ1n) is 9.99. The van der Waals surface area contributed by atoms with Crippen molar-refractivity contribution in [3.05, 3.63) is 110 Å². The lowest BCUT2D eigenvalue weighted by Gasteiger charge is -2.19. The Hall–Kier alpha value is -3.71. The van der Waals surface area contributed by atoms with Crippen molar-refractivity contribution >= 4 is 40.5 Å². The van der Waals surface area contributed by atoms with Gasteiger partial charge in [0.2, 0.25) is 0 Å². The van der Waals surface area contributed by atoms with Gasteiger partial charge in [0.25, 0.3) is 17.5 Å². The van der Waals surface area contributed by atoms with Gasteiger partial charge in [0.05, 0.1) is 21.1 Å². The number of amides is 2. The van der Waals surface area contributed by atoms with Crippen LogP contribution in [0.25, 0.3) is 5.57 Å². The van der Waals surface area contributed by atoms with Crippen molar-refractivity contribution in [1.82, 2.24) is 0 Å². The van der Waals surface area contributed by atoms with E-state index in [1.165, 1.54) is 40.9 Å². The molecule has 6 nitrogen and oxygen atoms in total. The Morgan fingerprint density at radius 3 is 2.22 bits per heavy atom. The van der Waals surface area contributed by atoms with Crippen LogP contribution < -0.4 is 4.90 Å². The number of carbonyl (C=O) groups excluding carboxylic acids is 2. The van der Waals surface area contributed by atoms with Crippen molar-refractivity contribution in [3.8, 4) is 0 Å². The summed E-state index contributed by atoms with van der Waals surface area (Å²) in [5, 5.41) is 11.0. The third-order valence-corrected chi connectivity index (χ3v) is 6.60. The highest BCUT2D eigenvalue weighted by Crippen LogP contribution is 2.41. The first-order valence-corrected chi connectivity index (χ1v) is 11.0. The second-order valence-corrected chi connectivity index (χ2v) is 8.43. The summed E-state index contributed by atoms with van der Waals surface area (Å²) in [6.45, 7) is 3.81. The fourth-order valence-electron chi connectivity index (χ4n) is 3.57. The number of hydrogen-bond donors (Lipinski definition) is 0. The molecule has 0 bridgehead atoms. The topological polar surface area (TPSA) is 80.5 Å². The summed E-state index contributed by atoms with van der Waals surface area (Å²) in [5.41, 5.74) is 4.09. The molecule has 0 atom stereocenters. The van der Waals surface area contributed by atoms with Crippen LogP contribution in [-0.4, -0.2) is 16.7 Å². The summed E-state index contributed by atoms with van der Waals surface area (Å²) in [7, 11) is 0. The first-order chi connectivity index (χ1) is 15.4. The third kappa shape index (κ3) is 3.94. The molecule has 0 spiro atoms. The molecule has 1 heterocycles. The second-order valence-electron chi connectivity index (χ2n) is 7.45. The number of imide groups is 1. The van der Waals surface area contributed by atoms with Crippen molar-refractivity contribution in [1.29, 1.82) is 0 Å². The number of rotatable bonds is 6. The molecule has 3 aromatic rings. The largest absolute Gasteiger partial charge is 0.272 e. The minimum Gasteiger partial charge on any atom is -0.268 e. The number of benzene rings is 3. The number of anilines is 1. The summed E-state index contributed by atoms with van der Waals surface area (Å²) in [6.07, 6.45) is 0. The molecule has 2 amide bonds. The molecule has 0 saturated carbocycles. The maximum Gasteiger partial charge on any atom is 0.272 e. The van der Waals surface area contributed by atoms with Crippen LogP contribution in [0.4, 0.5) is 11.4 Å². The molecule has 4 rings (SSSR count). The standard InChI is InChI=1S/C25H20N2O4S/c1-16-7-6-10-21(17(16)2)26-24(28)22(19-11-13-20(14-12-19)27(30)31)23(25(26)29)32-15-18-8-4-3-5-9-18/h3-14H,15H2,1-2H3. The number of nitro benzene ring substituents is 1. The highest BCUT2D eigenvalue weighted by molar-refractivity contribution is 8.03. The normalized spacial score (nSPS) is 13.8. The van der Waals surface area contributed by atoms with E-state index in [1.807, 2.05) is 56.3 Å². The summed E-state index contributed by atoms with van der Waals surface area (Å²) in [6, 6.07) is 20.9. The number of thioether (sulfide) groups is 1. The van der Waals surface area contributed by atoms with Crippen LogP contribution in [0.2, 0.25) is 0 Å². The van der Waals surface area contributed by atoms with Gasteiger partial charge in [-0.05, 0) is 54.3 Å². The van der Waals surface area contributed by atoms with Gasteiger partial charge in [-0.3, -0.25) is 19.7 Å². The van der Waals surface area contributed by atoms with Gasteiger partial charge in [0.1, 0.15) is 0 Å². The van der Waals surface area contributed by atoms with Crippen LogP contribution in [0.1, 0.15) is 22.3 Å². The van der Waals surface area contributed by atoms with E-state index >= 15 is 0 Å². The zero-order valence-corrected chi connectivity index (χ0v) is 18.4. The number of aryl methyl sites for hydroxylation is 1. The van der Waals surface area contributed by atoms with E-state index in [-0.39, 0.29) is 17.2 Å². The number of nitrogens with zero attached hydrogens (tertiary/aromatic N) is 2. The molecule has 1 aliphatic heterocycles. The van der Waals surface area contributed by atoms with Gasteiger partial charge < -0.3 is 0 Å². The Kier molecular flexibility index (Phi) is 5.92. The highest BCUT2D eigenvalue weighted by atomic mass is 32.2. The van der Waals surface area contributed by atoms with E-state index in [4.69, 9.17) is 0 Å². The molecule has 3 aromatic carbocycles. The first kappa shape index (κ1) is 21.5. The molecule has 1 aliphatic rings. The second kappa shape index (κ2) is 8.80. The van der Waals surface area contributed by atoms with Gasteiger partial charge in [0.15, 0.2) is 0 Å². The SMILES string of the molecule is Cc1cccc(N2C(=O)C(SCc3ccccc3)=C(c3ccc([N+](=O)[O-])cc3)C2=O)c1C. The predicted octanol–water partition coefficient (Wildman–Crippen LogP) is 5.43. The van der Waals surface area contributed by atoms with Crippen molar-refractivity contribution < 1.29 is 14.5 Å². The number of nitro groups is 1. The van der Waals surface area contributed by atoms with Gasteiger partial charge in [0, 0.05) is 17.9 Å². The Bertz CT molecular complexity index is 1250. The molecule has 0 fully saturated rings. The number of non-ortho nitro benzene ring substituents is 1. The molecule has 0 saturated heterocycles. The fourth-order valence-corrected chi connectivity index (χ4v) is 4.64. The van der Waals surface area contributed by atoms with Crippen LogP contribution in [0.15, 0.2) is 77.7 Å². The summed E-state index contributed by atoms with van der Waals surface area (Å²) >= 11 is 1.30. The molecule has 0 N–H and O–H groups in total. The smallest absolute Gasteiger partial charge is 0.268 e. The van der Waals surface area contributed by atoms with Crippen molar-refractivity contribution in [2.45, 2.75) is 19.6 Å². The maximum atomic E-state index is 13.5. The molecule has 7 heteroatoms. The average molecular weight is 445 g/mol. The lowest BCUT2D eigenvalue weighted by Crippen LogP contribution is -2.32. The van der Waals surface area contributed by atoms with Gasteiger partial charge in [-0.2, -0.15) is 0 Å². The van der Waals surface area contributed by atoms with E-state index in [0.29, 0.717) is 21.9 Å². The fraction of sp³-hybridized carbons (Fsp3) is 0.120. The molecule has 160 valence electrons. The van der Waals surface area contributed by atoms with Crippen molar-refractivity contribution in [2.24, 2.45) is 0 Å². The van der Waals surface area contributed by atoms with Crippen LogP contribution in [0.3, 0.4) is 0 Å². The summed E-state index contributed by atoms with van der Waals surface area (Å²) in [5.74, 6) is -0.280. The number of carbonyl (C=O) groups is 2. The Labute approximate surface area is 189 Å². The monoisotopic (exact) mass is 444 g/mol. The summed E-state index contributed by atoms with van der Waals surface area (Å²) < 4.78 is 0. The van der Waals surface area contributed by atoms with Gasteiger partial charge in [-0.1, -0.05) is 42.5 Å². The zero-order valence-electron chi connectivity index (χ0n) is 17.6. The Morgan fingerprint density at radius 1 is 0.875 bits per heavy atom. The van der Waals surface area contributed by atoms with Gasteiger partial charge in [-0.15, -0.1) is 11.8 Å². The molecular formula is C25H20N2O4S. The van der Waals surface area contributed by atoms with E-state index in [2.05, 4.69) is 0 Å². The molecular weight excluding hydrogens is 424 g/mol. The van der Waals surface area contributed by atoms with Gasteiger partial charge >= 0.3 is 0 Å². The van der Waals surface area contributed by atoms with Crippen molar-refractivity contribution in [2.75, 3.05) is 4.90 Å². The zero-order chi connectivity index (χ0) is 22.8. The molecule has 0 aromatic heterocycles. The molecule has 0 aliphatic carbocycles. The van der Waals surface area contributed by atoms with E-state index < -0.39 is 10.8 Å². The Morgan fingerprint density at radius 2 is 1.56 bits per heavy atom. The van der Waals surface area contributed by atoms with E-state index in [0.717, 1.165) is 16.7 Å². The van der Waals surface area contributed by atoms with Crippen molar-refractivity contribution in [3.63, 3.8) is 0 Å². The van der Waals surface area contributed by atoms with E-state index in [9.17, 15) is 19.7 Å². The lowest BCUT2D eigenvalue weighted by molar-refractivity contribution is -0.384. The van der Waals surface area contributed by atoms with Crippen LogP contribution in [-0.2, 0) is 15.3 Å². The minimum absolute atomic E-state index is 0.0732. The molecule has 0 unspecified atom stereocenters. The quantitative estimate of drug-likeness (QED) is 0.288. The minimum atomic E-state index is -0.493. The van der Waals surface area contributed by atoms with Crippen LogP contribution in [0.5, 0.6) is 0 Å². The van der Waals surface area contributed by atoms with E-state index in [1.54, 1.807) is 6.07 Å². The summed E-state index contributed by atoms with van der Waals surface area (Å²) in [4.78, 5) is 39.1. The Balaban J connectivity index is 1.78. The van der Waals surface area contributed by atoms with Crippen LogP contribution in [0, 0.1) is 24.0 Å². The molecule has 0 radical (unpaired) electrons. The van der Waals surface area contributed by atoms with Gasteiger partial charge in [-0.25, -0.2) is 4.90 Å². The van der Waals surface area contributed by atoms with Crippen LogP contribution >= 0.6 is 11.8 Å². The lowest BCUT2D eigenvalue weighted by atomic mass is 10.0. The highest BCUT2D eigenvalue weighted by Gasteiger charge is 2.40. The molecule has 32 heavy (non-hydrogen) atoms.